The predicted molar refractivity (Wildman–Crippen MR) is 60.7 cm³/mol. The average Bonchev–Trinajstić information content (AvgIpc) is 2.76. The number of benzene rings is 1. The maximum absolute atomic E-state index is 4.26. The summed E-state index contributed by atoms with van der Waals surface area (Å²) in [6.45, 7) is 1.95. The summed E-state index contributed by atoms with van der Waals surface area (Å²) < 4.78 is 0. The van der Waals surface area contributed by atoms with Crippen molar-refractivity contribution in [3.8, 4) is 11.3 Å². The fraction of sp³-hybridized carbons (Fsp3) is 0.0833. The summed E-state index contributed by atoms with van der Waals surface area (Å²) in [5.74, 6) is 0. The average molecular weight is 209 g/mol. The van der Waals surface area contributed by atoms with Crippen LogP contribution in [0.15, 0.2) is 30.9 Å². The summed E-state index contributed by atoms with van der Waals surface area (Å²) in [5, 5.41) is 0. The van der Waals surface area contributed by atoms with E-state index in [2.05, 4.69) is 26.1 Å². The van der Waals surface area contributed by atoms with Gasteiger partial charge in [0, 0.05) is 11.1 Å². The number of rotatable bonds is 1. The Kier molecular flexibility index (Phi) is 1.93. The van der Waals surface area contributed by atoms with E-state index in [1.165, 1.54) is 6.33 Å². The van der Waals surface area contributed by atoms with E-state index in [1.54, 1.807) is 6.33 Å². The van der Waals surface area contributed by atoms with E-state index in [0.717, 1.165) is 27.9 Å². The van der Waals surface area contributed by atoms with E-state index in [-0.39, 0.29) is 0 Å². The van der Waals surface area contributed by atoms with Gasteiger partial charge in [0.2, 0.25) is 0 Å². The zero-order chi connectivity index (χ0) is 11.0. The summed E-state index contributed by atoms with van der Waals surface area (Å²) >= 11 is 0. The first-order valence-corrected chi connectivity index (χ1v) is 4.97. The minimum absolute atomic E-state index is 0.903. The molecule has 0 aliphatic heterocycles. The number of fused-ring (bicyclic) bond motifs is 1. The van der Waals surface area contributed by atoms with E-state index < -0.39 is 0 Å². The lowest BCUT2D eigenvalue weighted by Crippen LogP contribution is -1.89. The lowest BCUT2D eigenvalue weighted by Gasteiger charge is -2.02. The van der Waals surface area contributed by atoms with Crippen LogP contribution in [0.5, 0.6) is 0 Å². The van der Waals surface area contributed by atoms with Gasteiger partial charge in [-0.3, -0.25) is 0 Å². The molecule has 0 saturated heterocycles. The molecule has 0 fully saturated rings. The van der Waals surface area contributed by atoms with E-state index in [1.807, 2.05) is 25.1 Å². The first-order valence-electron chi connectivity index (χ1n) is 4.97. The Labute approximate surface area is 92.4 Å². The molecule has 0 bridgehead atoms. The Balaban J connectivity index is 2.22. The van der Waals surface area contributed by atoms with Gasteiger partial charge in [-0.1, -0.05) is 6.07 Å². The summed E-state index contributed by atoms with van der Waals surface area (Å²) in [6.07, 6.45) is 6.10. The van der Waals surface area contributed by atoms with Crippen molar-refractivity contribution in [1.29, 1.82) is 0 Å². The number of nitrogens with one attached hydrogen (secondary N) is 1. The molecule has 77 valence electrons. The minimum atomic E-state index is 0.903. The van der Waals surface area contributed by atoms with Crippen molar-refractivity contribution in [1.82, 2.24) is 19.9 Å². The van der Waals surface area contributed by atoms with E-state index in [4.69, 9.17) is 0 Å². The van der Waals surface area contributed by atoms with E-state index in [9.17, 15) is 0 Å². The number of hydrogen-bond donors (Lipinski definition) is 1. The van der Waals surface area contributed by atoms with E-state index in [0.29, 0.717) is 0 Å². The SMILES string of the molecule is Cc1[c]ncnc1-c1ccc2[nH]cnc2c1. The molecule has 2 heterocycles. The van der Waals surface area contributed by atoms with Crippen molar-refractivity contribution in [3.63, 3.8) is 0 Å². The maximum atomic E-state index is 4.26. The summed E-state index contributed by atoms with van der Waals surface area (Å²) in [7, 11) is 0. The number of aromatic nitrogens is 4. The van der Waals surface area contributed by atoms with Crippen LogP contribution in [0.4, 0.5) is 0 Å². The van der Waals surface area contributed by atoms with Gasteiger partial charge in [-0.15, -0.1) is 0 Å². The second-order valence-electron chi connectivity index (χ2n) is 3.59. The number of H-pyrrole nitrogens is 1. The van der Waals surface area contributed by atoms with Crippen LogP contribution in [0, 0.1) is 13.1 Å². The highest BCUT2D eigenvalue weighted by atomic mass is 14.9. The largest absolute Gasteiger partial charge is 0.345 e. The van der Waals surface area contributed by atoms with Crippen LogP contribution >= 0.6 is 0 Å². The van der Waals surface area contributed by atoms with Crippen LogP contribution in [0.1, 0.15) is 5.56 Å². The monoisotopic (exact) mass is 209 g/mol. The molecule has 0 aliphatic rings. The van der Waals surface area contributed by atoms with Crippen LogP contribution in [0.3, 0.4) is 0 Å². The minimum Gasteiger partial charge on any atom is -0.345 e. The number of nitrogens with zero attached hydrogens (tertiary/aromatic N) is 3. The highest BCUT2D eigenvalue weighted by Crippen LogP contribution is 2.22. The number of aromatic amines is 1. The molecule has 1 aromatic carbocycles. The summed E-state index contributed by atoms with van der Waals surface area (Å²) in [4.78, 5) is 15.4. The Hall–Kier alpha value is -2.23. The third kappa shape index (κ3) is 1.35. The van der Waals surface area contributed by atoms with Crippen molar-refractivity contribution in [2.45, 2.75) is 6.92 Å². The third-order valence-corrected chi connectivity index (χ3v) is 2.53. The molecule has 0 saturated carbocycles. The fourth-order valence-electron chi connectivity index (χ4n) is 1.73. The van der Waals surface area contributed by atoms with Gasteiger partial charge in [0.1, 0.15) is 6.33 Å². The van der Waals surface area contributed by atoms with Gasteiger partial charge in [0.15, 0.2) is 0 Å². The number of imidazole rings is 1. The lowest BCUT2D eigenvalue weighted by molar-refractivity contribution is 1.12. The highest BCUT2D eigenvalue weighted by Gasteiger charge is 2.05. The lowest BCUT2D eigenvalue weighted by atomic mass is 10.1. The van der Waals surface area contributed by atoms with Crippen molar-refractivity contribution < 1.29 is 0 Å². The Morgan fingerprint density at radius 2 is 2.19 bits per heavy atom. The van der Waals surface area contributed by atoms with Crippen LogP contribution in [-0.4, -0.2) is 19.9 Å². The smallest absolute Gasteiger partial charge is 0.116 e. The van der Waals surface area contributed by atoms with Crippen molar-refractivity contribution >= 4 is 11.0 Å². The zero-order valence-electron chi connectivity index (χ0n) is 8.73. The maximum Gasteiger partial charge on any atom is 0.116 e. The highest BCUT2D eigenvalue weighted by molar-refractivity contribution is 5.81. The zero-order valence-corrected chi connectivity index (χ0v) is 8.73. The van der Waals surface area contributed by atoms with Gasteiger partial charge in [0.05, 0.1) is 29.3 Å². The van der Waals surface area contributed by atoms with Crippen molar-refractivity contribution in [2.75, 3.05) is 0 Å². The predicted octanol–water partition coefficient (Wildman–Crippen LogP) is 2.13. The Morgan fingerprint density at radius 1 is 1.25 bits per heavy atom. The molecule has 0 amide bonds. The molecule has 0 spiro atoms. The van der Waals surface area contributed by atoms with Crippen molar-refractivity contribution in [2.24, 2.45) is 0 Å². The topological polar surface area (TPSA) is 54.5 Å². The first kappa shape index (κ1) is 9.03. The summed E-state index contributed by atoms with van der Waals surface area (Å²) in [5.41, 5.74) is 4.85. The second kappa shape index (κ2) is 3.41. The standard InChI is InChI=1S/C12H9N4/c1-8-5-13-6-16-12(8)9-2-3-10-11(4-9)15-7-14-10/h2-4,6-7H,1H3,(H,14,15). The number of aryl methyl sites for hydroxylation is 1. The van der Waals surface area contributed by atoms with Crippen LogP contribution in [-0.2, 0) is 0 Å². The van der Waals surface area contributed by atoms with Gasteiger partial charge >= 0.3 is 0 Å². The molecule has 2 aromatic heterocycles. The molecule has 0 aliphatic carbocycles. The molecular formula is C12H9N4. The van der Waals surface area contributed by atoms with Gasteiger partial charge < -0.3 is 4.98 Å². The Bertz CT molecular complexity index is 642. The quantitative estimate of drug-likeness (QED) is 0.668. The van der Waals surface area contributed by atoms with Crippen LogP contribution in [0.25, 0.3) is 22.3 Å². The molecule has 0 atom stereocenters. The van der Waals surface area contributed by atoms with Crippen LogP contribution < -0.4 is 0 Å². The Morgan fingerprint density at radius 3 is 3.06 bits per heavy atom. The normalized spacial score (nSPS) is 10.8. The molecule has 4 heteroatoms. The molecule has 4 nitrogen and oxygen atoms in total. The first-order chi connectivity index (χ1) is 7.84. The van der Waals surface area contributed by atoms with Gasteiger partial charge in [0.25, 0.3) is 0 Å². The molecule has 1 N–H and O–H groups in total. The van der Waals surface area contributed by atoms with Gasteiger partial charge in [-0.05, 0) is 19.1 Å². The second-order valence-corrected chi connectivity index (χ2v) is 3.59. The third-order valence-electron chi connectivity index (χ3n) is 2.53. The van der Waals surface area contributed by atoms with Gasteiger partial charge in [-0.25, -0.2) is 15.0 Å². The van der Waals surface area contributed by atoms with E-state index >= 15 is 0 Å². The number of hydrogen-bond acceptors (Lipinski definition) is 3. The summed E-state index contributed by atoms with van der Waals surface area (Å²) in [6, 6.07) is 6.03. The molecular weight excluding hydrogens is 200 g/mol. The molecule has 3 aromatic rings. The molecule has 1 radical (unpaired) electrons. The molecule has 16 heavy (non-hydrogen) atoms. The molecule has 0 unspecified atom stereocenters. The van der Waals surface area contributed by atoms with Crippen molar-refractivity contribution in [3.05, 3.63) is 42.6 Å². The van der Waals surface area contributed by atoms with Gasteiger partial charge in [-0.2, -0.15) is 0 Å². The molecule has 3 rings (SSSR count). The fourth-order valence-corrected chi connectivity index (χ4v) is 1.73. The van der Waals surface area contributed by atoms with Crippen LogP contribution in [0.2, 0.25) is 0 Å².